The number of hydrogen-bond acceptors (Lipinski definition) is 4. The van der Waals surface area contributed by atoms with Crippen LogP contribution in [-0.2, 0) is 13.2 Å². The highest BCUT2D eigenvalue weighted by molar-refractivity contribution is 5.15. The normalized spacial score (nSPS) is 10.3. The highest BCUT2D eigenvalue weighted by Gasteiger charge is 2.00. The average molecular weight is 243 g/mol. The van der Waals surface area contributed by atoms with Crippen molar-refractivity contribution in [1.82, 2.24) is 15.3 Å². The highest BCUT2D eigenvalue weighted by atomic mass is 16.5. The number of aromatic nitrogens is 2. The maximum atomic E-state index is 5.61. The molecule has 1 N–H and O–H groups in total. The second kappa shape index (κ2) is 6.71. The Labute approximate surface area is 107 Å². The fourth-order valence-electron chi connectivity index (χ4n) is 1.53. The number of hydrogen-bond donors (Lipinski definition) is 1. The van der Waals surface area contributed by atoms with Crippen molar-refractivity contribution in [3.63, 3.8) is 0 Å². The maximum absolute atomic E-state index is 5.61. The first kappa shape index (κ1) is 12.5. The molecule has 0 amide bonds. The van der Waals surface area contributed by atoms with E-state index < -0.39 is 0 Å². The van der Waals surface area contributed by atoms with Gasteiger partial charge in [-0.05, 0) is 12.1 Å². The van der Waals surface area contributed by atoms with Crippen molar-refractivity contribution >= 4 is 0 Å². The summed E-state index contributed by atoms with van der Waals surface area (Å²) in [5, 5.41) is 3.21. The Hall–Kier alpha value is -1.94. The van der Waals surface area contributed by atoms with Gasteiger partial charge in [-0.3, -0.25) is 4.98 Å². The molecule has 1 heterocycles. The van der Waals surface area contributed by atoms with Gasteiger partial charge in [0.25, 0.3) is 0 Å². The maximum Gasteiger partial charge on any atom is 0.232 e. The van der Waals surface area contributed by atoms with Gasteiger partial charge in [-0.1, -0.05) is 37.3 Å². The van der Waals surface area contributed by atoms with E-state index in [1.807, 2.05) is 30.3 Å². The lowest BCUT2D eigenvalue weighted by Crippen LogP contribution is -2.13. The predicted molar refractivity (Wildman–Crippen MR) is 70.2 cm³/mol. The average Bonchev–Trinajstić information content (AvgIpc) is 2.44. The number of nitrogens with zero attached hydrogens (tertiary/aromatic N) is 2. The van der Waals surface area contributed by atoms with Crippen LogP contribution in [0.4, 0.5) is 0 Å². The van der Waals surface area contributed by atoms with E-state index in [-0.39, 0.29) is 0 Å². The second-order valence-electron chi connectivity index (χ2n) is 3.90. The lowest BCUT2D eigenvalue weighted by molar-refractivity contribution is 0.291. The summed E-state index contributed by atoms with van der Waals surface area (Å²) in [7, 11) is 0. The molecule has 0 aliphatic rings. The van der Waals surface area contributed by atoms with Crippen LogP contribution in [0.3, 0.4) is 0 Å². The fourth-order valence-corrected chi connectivity index (χ4v) is 1.53. The molecule has 0 aliphatic carbocycles. The highest BCUT2D eigenvalue weighted by Crippen LogP contribution is 2.08. The van der Waals surface area contributed by atoms with Crippen molar-refractivity contribution in [2.45, 2.75) is 20.1 Å². The molecular weight excluding hydrogens is 226 g/mol. The molecule has 0 unspecified atom stereocenters. The Bertz CT molecular complexity index is 473. The van der Waals surface area contributed by atoms with Gasteiger partial charge in [0, 0.05) is 12.7 Å². The first-order chi connectivity index (χ1) is 8.88. The van der Waals surface area contributed by atoms with E-state index in [9.17, 15) is 0 Å². The zero-order chi connectivity index (χ0) is 12.6. The van der Waals surface area contributed by atoms with E-state index >= 15 is 0 Å². The van der Waals surface area contributed by atoms with Crippen LogP contribution in [0.15, 0.2) is 42.7 Å². The number of ether oxygens (including phenoxy) is 1. The Morgan fingerprint density at radius 1 is 1.17 bits per heavy atom. The van der Waals surface area contributed by atoms with E-state index in [1.54, 1.807) is 12.4 Å². The molecule has 0 bridgehead atoms. The summed E-state index contributed by atoms with van der Waals surface area (Å²) in [5.41, 5.74) is 2.01. The van der Waals surface area contributed by atoms with Gasteiger partial charge in [-0.15, -0.1) is 0 Å². The van der Waals surface area contributed by atoms with E-state index in [2.05, 4.69) is 22.2 Å². The van der Waals surface area contributed by atoms with Crippen LogP contribution in [0, 0.1) is 0 Å². The Morgan fingerprint density at radius 2 is 2.00 bits per heavy atom. The molecular formula is C14H17N3O. The molecule has 4 nitrogen and oxygen atoms in total. The van der Waals surface area contributed by atoms with E-state index in [4.69, 9.17) is 4.74 Å². The third-order valence-electron chi connectivity index (χ3n) is 2.45. The topological polar surface area (TPSA) is 47.0 Å². The van der Waals surface area contributed by atoms with Crippen LogP contribution in [0.5, 0.6) is 5.88 Å². The smallest absolute Gasteiger partial charge is 0.232 e. The summed E-state index contributed by atoms with van der Waals surface area (Å²) in [5.74, 6) is 0.564. The van der Waals surface area contributed by atoms with Gasteiger partial charge in [0.15, 0.2) is 0 Å². The van der Waals surface area contributed by atoms with Crippen molar-refractivity contribution in [2.75, 3.05) is 6.54 Å². The van der Waals surface area contributed by atoms with Crippen LogP contribution in [-0.4, -0.2) is 16.5 Å². The number of benzene rings is 1. The third-order valence-corrected chi connectivity index (χ3v) is 2.45. The molecule has 0 aliphatic heterocycles. The summed E-state index contributed by atoms with van der Waals surface area (Å²) in [6.07, 6.45) is 3.39. The Morgan fingerprint density at radius 3 is 2.78 bits per heavy atom. The van der Waals surface area contributed by atoms with Gasteiger partial charge < -0.3 is 10.1 Å². The second-order valence-corrected chi connectivity index (χ2v) is 3.90. The summed E-state index contributed by atoms with van der Waals surface area (Å²) in [6.45, 7) is 4.20. The Balaban J connectivity index is 1.93. The fraction of sp³-hybridized carbons (Fsp3) is 0.286. The van der Waals surface area contributed by atoms with E-state index in [1.165, 1.54) is 0 Å². The van der Waals surface area contributed by atoms with Crippen LogP contribution in [0.2, 0.25) is 0 Å². The minimum absolute atomic E-state index is 0.514. The summed E-state index contributed by atoms with van der Waals surface area (Å²) in [4.78, 5) is 8.50. The summed E-state index contributed by atoms with van der Waals surface area (Å²) in [6, 6.07) is 10.0. The van der Waals surface area contributed by atoms with Crippen LogP contribution >= 0.6 is 0 Å². The minimum Gasteiger partial charge on any atom is -0.472 e. The van der Waals surface area contributed by atoms with Crippen LogP contribution in [0.1, 0.15) is 18.2 Å². The molecule has 18 heavy (non-hydrogen) atoms. The number of rotatable bonds is 6. The predicted octanol–water partition coefficient (Wildman–Crippen LogP) is 2.17. The first-order valence-corrected chi connectivity index (χ1v) is 6.07. The van der Waals surface area contributed by atoms with Gasteiger partial charge in [-0.25, -0.2) is 4.98 Å². The molecule has 0 spiro atoms. The quantitative estimate of drug-likeness (QED) is 0.844. The Kier molecular flexibility index (Phi) is 4.67. The lowest BCUT2D eigenvalue weighted by Gasteiger charge is -2.06. The van der Waals surface area contributed by atoms with Crippen molar-refractivity contribution in [3.05, 3.63) is 54.0 Å². The molecule has 0 saturated carbocycles. The van der Waals surface area contributed by atoms with Gasteiger partial charge in [0.2, 0.25) is 5.88 Å². The minimum atomic E-state index is 0.514. The largest absolute Gasteiger partial charge is 0.472 e. The third kappa shape index (κ3) is 3.82. The van der Waals surface area contributed by atoms with Gasteiger partial charge in [0.05, 0.1) is 11.9 Å². The first-order valence-electron chi connectivity index (χ1n) is 6.07. The standard InChI is InChI=1S/C14H17N3O/c1-2-15-8-13-9-16-10-14(17-13)18-11-12-6-4-3-5-7-12/h3-7,9-10,15H,2,8,11H2,1H3. The molecule has 94 valence electrons. The van der Waals surface area contributed by atoms with Crippen LogP contribution in [0.25, 0.3) is 0 Å². The molecule has 1 aromatic carbocycles. The summed E-state index contributed by atoms with van der Waals surface area (Å²) < 4.78 is 5.61. The van der Waals surface area contributed by atoms with Crippen LogP contribution < -0.4 is 10.1 Å². The van der Waals surface area contributed by atoms with Gasteiger partial charge in [-0.2, -0.15) is 0 Å². The van der Waals surface area contributed by atoms with Crippen molar-refractivity contribution < 1.29 is 4.74 Å². The monoisotopic (exact) mass is 243 g/mol. The van der Waals surface area contributed by atoms with Crippen molar-refractivity contribution in [2.24, 2.45) is 0 Å². The molecule has 0 saturated heterocycles. The van der Waals surface area contributed by atoms with Gasteiger partial charge in [0.1, 0.15) is 6.61 Å². The molecule has 1 aromatic heterocycles. The summed E-state index contributed by atoms with van der Waals surface area (Å²) >= 11 is 0. The SMILES string of the molecule is CCNCc1cncc(OCc2ccccc2)n1. The molecule has 0 radical (unpaired) electrons. The molecule has 0 atom stereocenters. The van der Waals surface area contributed by atoms with E-state index in [0.29, 0.717) is 19.0 Å². The molecule has 4 heteroatoms. The zero-order valence-electron chi connectivity index (χ0n) is 10.5. The van der Waals surface area contributed by atoms with Crippen molar-refractivity contribution in [3.8, 4) is 5.88 Å². The zero-order valence-corrected chi connectivity index (χ0v) is 10.5. The molecule has 0 fully saturated rings. The molecule has 2 aromatic rings. The van der Waals surface area contributed by atoms with E-state index in [0.717, 1.165) is 17.8 Å². The van der Waals surface area contributed by atoms with Crippen molar-refractivity contribution in [1.29, 1.82) is 0 Å². The van der Waals surface area contributed by atoms with Gasteiger partial charge >= 0.3 is 0 Å². The lowest BCUT2D eigenvalue weighted by atomic mass is 10.2. The number of nitrogens with one attached hydrogen (secondary N) is 1. The molecule has 2 rings (SSSR count).